The Hall–Kier alpha value is -1.62. The van der Waals surface area contributed by atoms with Crippen LogP contribution in [-0.4, -0.2) is 47.1 Å². The Balaban J connectivity index is 2.46. The standard InChI is InChI=1S/C12H19N3O2/c1-3-15(4-2)8-7-14-11-9-10(12(16)17)5-6-13-11/h5-6,9H,3-4,7-8H2,1-2H3,(H,13,14)(H,16,17). The molecule has 5 nitrogen and oxygen atoms in total. The van der Waals surface area contributed by atoms with Crippen LogP contribution in [0.3, 0.4) is 0 Å². The Labute approximate surface area is 101 Å². The molecule has 0 radical (unpaired) electrons. The third-order valence-electron chi connectivity index (χ3n) is 2.64. The SMILES string of the molecule is CCN(CC)CCNc1cc(C(=O)O)ccn1. The summed E-state index contributed by atoms with van der Waals surface area (Å²) in [4.78, 5) is 17.1. The number of anilines is 1. The van der Waals surface area contributed by atoms with Crippen molar-refractivity contribution in [2.45, 2.75) is 13.8 Å². The van der Waals surface area contributed by atoms with Gasteiger partial charge in [0.2, 0.25) is 0 Å². The lowest BCUT2D eigenvalue weighted by Crippen LogP contribution is -2.28. The number of hydrogen-bond acceptors (Lipinski definition) is 4. The van der Waals surface area contributed by atoms with Gasteiger partial charge in [-0.3, -0.25) is 0 Å². The maximum absolute atomic E-state index is 10.8. The molecule has 0 aromatic carbocycles. The number of rotatable bonds is 7. The largest absolute Gasteiger partial charge is 0.478 e. The van der Waals surface area contributed by atoms with E-state index in [1.807, 2.05) is 0 Å². The molecule has 17 heavy (non-hydrogen) atoms. The minimum Gasteiger partial charge on any atom is -0.478 e. The quantitative estimate of drug-likeness (QED) is 0.753. The molecule has 2 N–H and O–H groups in total. The lowest BCUT2D eigenvalue weighted by Gasteiger charge is -2.18. The van der Waals surface area contributed by atoms with Crippen LogP contribution >= 0.6 is 0 Å². The molecule has 1 heterocycles. The van der Waals surface area contributed by atoms with E-state index in [2.05, 4.69) is 29.0 Å². The van der Waals surface area contributed by atoms with E-state index >= 15 is 0 Å². The number of nitrogens with zero attached hydrogens (tertiary/aromatic N) is 2. The number of aromatic nitrogens is 1. The molecule has 0 atom stereocenters. The number of pyridine rings is 1. The molecule has 0 aliphatic rings. The summed E-state index contributed by atoms with van der Waals surface area (Å²) >= 11 is 0. The van der Waals surface area contributed by atoms with Gasteiger partial charge >= 0.3 is 5.97 Å². The van der Waals surface area contributed by atoms with Crippen molar-refractivity contribution < 1.29 is 9.90 Å². The highest BCUT2D eigenvalue weighted by atomic mass is 16.4. The fraction of sp³-hybridized carbons (Fsp3) is 0.500. The van der Waals surface area contributed by atoms with Gasteiger partial charge in [-0.1, -0.05) is 13.8 Å². The van der Waals surface area contributed by atoms with Crippen molar-refractivity contribution in [1.82, 2.24) is 9.88 Å². The Kier molecular flexibility index (Phi) is 5.42. The summed E-state index contributed by atoms with van der Waals surface area (Å²) in [5, 5.41) is 12.0. The van der Waals surface area contributed by atoms with Crippen LogP contribution in [0.4, 0.5) is 5.82 Å². The van der Waals surface area contributed by atoms with Gasteiger partial charge in [0.15, 0.2) is 0 Å². The van der Waals surface area contributed by atoms with Gasteiger partial charge in [-0.25, -0.2) is 9.78 Å². The molecule has 1 rings (SSSR count). The lowest BCUT2D eigenvalue weighted by atomic mass is 10.2. The first-order valence-corrected chi connectivity index (χ1v) is 5.83. The van der Waals surface area contributed by atoms with Gasteiger partial charge in [0.25, 0.3) is 0 Å². The van der Waals surface area contributed by atoms with E-state index in [0.29, 0.717) is 5.82 Å². The number of likely N-dealkylation sites (N-methyl/N-ethyl adjacent to an activating group) is 1. The topological polar surface area (TPSA) is 65.5 Å². The third-order valence-corrected chi connectivity index (χ3v) is 2.64. The third kappa shape index (κ3) is 4.40. The predicted octanol–water partition coefficient (Wildman–Crippen LogP) is 1.53. The zero-order valence-electron chi connectivity index (χ0n) is 10.3. The molecule has 1 aromatic heterocycles. The van der Waals surface area contributed by atoms with Crippen molar-refractivity contribution in [2.24, 2.45) is 0 Å². The van der Waals surface area contributed by atoms with Crippen molar-refractivity contribution in [3.63, 3.8) is 0 Å². The van der Waals surface area contributed by atoms with Gasteiger partial charge in [-0.15, -0.1) is 0 Å². The van der Waals surface area contributed by atoms with Crippen LogP contribution in [0.15, 0.2) is 18.3 Å². The molecule has 0 unspecified atom stereocenters. The van der Waals surface area contributed by atoms with Gasteiger partial charge < -0.3 is 15.3 Å². The molecule has 0 aliphatic carbocycles. The smallest absolute Gasteiger partial charge is 0.335 e. The van der Waals surface area contributed by atoms with E-state index in [9.17, 15) is 4.79 Å². The Bertz CT molecular complexity index is 365. The normalized spacial score (nSPS) is 10.5. The van der Waals surface area contributed by atoms with Gasteiger partial charge in [0, 0.05) is 19.3 Å². The Morgan fingerprint density at radius 1 is 1.47 bits per heavy atom. The molecule has 0 aliphatic heterocycles. The van der Waals surface area contributed by atoms with Crippen molar-refractivity contribution >= 4 is 11.8 Å². The predicted molar refractivity (Wildman–Crippen MR) is 67.5 cm³/mol. The lowest BCUT2D eigenvalue weighted by molar-refractivity contribution is 0.0697. The highest BCUT2D eigenvalue weighted by molar-refractivity contribution is 5.88. The zero-order valence-corrected chi connectivity index (χ0v) is 10.3. The van der Waals surface area contributed by atoms with Gasteiger partial charge in [0.05, 0.1) is 5.56 Å². The van der Waals surface area contributed by atoms with Gasteiger partial charge in [-0.2, -0.15) is 0 Å². The van der Waals surface area contributed by atoms with Crippen LogP contribution in [-0.2, 0) is 0 Å². The molecule has 0 amide bonds. The second-order valence-corrected chi connectivity index (χ2v) is 3.69. The van der Waals surface area contributed by atoms with E-state index in [0.717, 1.165) is 26.2 Å². The second-order valence-electron chi connectivity index (χ2n) is 3.69. The molecular weight excluding hydrogens is 218 g/mol. The number of carbonyl (C=O) groups is 1. The Morgan fingerprint density at radius 3 is 2.76 bits per heavy atom. The monoisotopic (exact) mass is 237 g/mol. The number of nitrogens with one attached hydrogen (secondary N) is 1. The molecule has 0 fully saturated rings. The maximum Gasteiger partial charge on any atom is 0.335 e. The van der Waals surface area contributed by atoms with Crippen LogP contribution in [0, 0.1) is 0 Å². The first-order chi connectivity index (χ1) is 8.17. The highest BCUT2D eigenvalue weighted by Crippen LogP contribution is 2.06. The molecule has 1 aromatic rings. The minimum atomic E-state index is -0.931. The van der Waals surface area contributed by atoms with Crippen LogP contribution in [0.2, 0.25) is 0 Å². The average Bonchev–Trinajstić information content (AvgIpc) is 2.35. The van der Waals surface area contributed by atoms with E-state index in [1.165, 1.54) is 12.3 Å². The van der Waals surface area contributed by atoms with Gasteiger partial charge in [-0.05, 0) is 25.2 Å². The van der Waals surface area contributed by atoms with Crippen LogP contribution in [0.25, 0.3) is 0 Å². The van der Waals surface area contributed by atoms with Crippen molar-refractivity contribution in [3.05, 3.63) is 23.9 Å². The molecule has 0 spiro atoms. The zero-order chi connectivity index (χ0) is 12.7. The second kappa shape index (κ2) is 6.85. The van der Waals surface area contributed by atoms with Crippen LogP contribution in [0.1, 0.15) is 24.2 Å². The minimum absolute atomic E-state index is 0.255. The van der Waals surface area contributed by atoms with E-state index in [1.54, 1.807) is 6.07 Å². The number of aromatic carboxylic acids is 1. The van der Waals surface area contributed by atoms with Gasteiger partial charge in [0.1, 0.15) is 5.82 Å². The summed E-state index contributed by atoms with van der Waals surface area (Å²) < 4.78 is 0. The number of carboxylic acid groups (broad SMARTS) is 1. The molecule has 0 saturated heterocycles. The highest BCUT2D eigenvalue weighted by Gasteiger charge is 2.04. The fourth-order valence-corrected chi connectivity index (χ4v) is 1.54. The maximum atomic E-state index is 10.8. The molecular formula is C12H19N3O2. The summed E-state index contributed by atoms with van der Waals surface area (Å²) in [7, 11) is 0. The van der Waals surface area contributed by atoms with Crippen molar-refractivity contribution in [3.8, 4) is 0 Å². The molecule has 0 saturated carbocycles. The van der Waals surface area contributed by atoms with Crippen LogP contribution < -0.4 is 5.32 Å². The number of carboxylic acids is 1. The average molecular weight is 237 g/mol. The fourth-order valence-electron chi connectivity index (χ4n) is 1.54. The summed E-state index contributed by atoms with van der Waals surface area (Å²) in [6.07, 6.45) is 1.50. The molecule has 5 heteroatoms. The first-order valence-electron chi connectivity index (χ1n) is 5.83. The molecule has 0 bridgehead atoms. The summed E-state index contributed by atoms with van der Waals surface area (Å²) in [5.41, 5.74) is 0.255. The summed E-state index contributed by atoms with van der Waals surface area (Å²) in [5.74, 6) is -0.323. The summed E-state index contributed by atoms with van der Waals surface area (Å²) in [6, 6.07) is 3.03. The first kappa shape index (κ1) is 13.4. The van der Waals surface area contributed by atoms with Crippen LogP contribution in [0.5, 0.6) is 0 Å². The van der Waals surface area contributed by atoms with E-state index in [4.69, 9.17) is 5.11 Å². The molecule has 94 valence electrons. The number of hydrogen-bond donors (Lipinski definition) is 2. The Morgan fingerprint density at radius 2 is 2.18 bits per heavy atom. The van der Waals surface area contributed by atoms with E-state index < -0.39 is 5.97 Å². The van der Waals surface area contributed by atoms with Crippen molar-refractivity contribution in [2.75, 3.05) is 31.5 Å². The van der Waals surface area contributed by atoms with E-state index in [-0.39, 0.29) is 5.56 Å². The van der Waals surface area contributed by atoms with Crippen molar-refractivity contribution in [1.29, 1.82) is 0 Å². The summed E-state index contributed by atoms with van der Waals surface area (Å²) in [6.45, 7) is 7.95.